The van der Waals surface area contributed by atoms with Gasteiger partial charge in [0.1, 0.15) is 5.75 Å². The van der Waals surface area contributed by atoms with Crippen LogP contribution in [0.1, 0.15) is 6.92 Å². The smallest absolute Gasteiger partial charge is 0.286 e. The maximum absolute atomic E-state index is 11.2. The van der Waals surface area contributed by atoms with E-state index in [0.717, 1.165) is 4.90 Å². The number of carbonyl (C=O) groups excluding carboxylic acids is 1. The van der Waals surface area contributed by atoms with Crippen LogP contribution in [0.2, 0.25) is 0 Å². The Morgan fingerprint density at radius 1 is 1.27 bits per heavy atom. The fraction of sp³-hybridized carbons (Fsp3) is 0.133. The van der Waals surface area contributed by atoms with Crippen molar-refractivity contribution in [2.24, 2.45) is 0 Å². The van der Waals surface area contributed by atoms with Crippen molar-refractivity contribution in [3.63, 3.8) is 0 Å². The normalized spacial score (nSPS) is 10.0. The molecule has 6 nitrogen and oxygen atoms in total. The Balaban J connectivity index is 2.37. The number of para-hydroxylation sites is 1. The lowest BCUT2D eigenvalue weighted by Crippen LogP contribution is -1.97. The van der Waals surface area contributed by atoms with Gasteiger partial charge in [-0.1, -0.05) is 23.9 Å². The van der Waals surface area contributed by atoms with Gasteiger partial charge >= 0.3 is 0 Å². The van der Waals surface area contributed by atoms with Gasteiger partial charge in [0, 0.05) is 4.90 Å². The van der Waals surface area contributed by atoms with E-state index >= 15 is 0 Å². The fourth-order valence-corrected chi connectivity index (χ4v) is 2.83. The lowest BCUT2D eigenvalue weighted by Gasteiger charge is -2.09. The van der Waals surface area contributed by atoms with Crippen molar-refractivity contribution < 1.29 is 14.5 Å². The van der Waals surface area contributed by atoms with Crippen LogP contribution < -0.4 is 10.1 Å². The summed E-state index contributed by atoms with van der Waals surface area (Å²) in [5.74, 6) is 0.456. The molecule has 7 heteroatoms. The first-order valence-corrected chi connectivity index (χ1v) is 7.35. The third kappa shape index (κ3) is 3.76. The minimum Gasteiger partial charge on any atom is -0.494 e. The highest BCUT2D eigenvalue weighted by Crippen LogP contribution is 2.39. The molecule has 0 fully saturated rings. The van der Waals surface area contributed by atoms with Crippen molar-refractivity contribution in [1.82, 2.24) is 0 Å². The van der Waals surface area contributed by atoms with Crippen molar-refractivity contribution in [3.05, 3.63) is 52.6 Å². The van der Waals surface area contributed by atoms with Gasteiger partial charge < -0.3 is 10.1 Å². The molecule has 1 amide bonds. The second-order valence-electron chi connectivity index (χ2n) is 4.18. The lowest BCUT2D eigenvalue weighted by atomic mass is 10.3. The molecule has 0 heterocycles. The Hall–Kier alpha value is -2.54. The van der Waals surface area contributed by atoms with Crippen molar-refractivity contribution in [2.45, 2.75) is 16.7 Å². The number of carbonyl (C=O) groups is 1. The van der Waals surface area contributed by atoms with Crippen LogP contribution >= 0.6 is 11.8 Å². The summed E-state index contributed by atoms with van der Waals surface area (Å²) >= 11 is 1.22. The van der Waals surface area contributed by atoms with Crippen LogP contribution in [0.15, 0.2) is 52.3 Å². The van der Waals surface area contributed by atoms with Crippen LogP contribution in [-0.4, -0.2) is 17.9 Å². The van der Waals surface area contributed by atoms with Crippen LogP contribution in [0.3, 0.4) is 0 Å². The van der Waals surface area contributed by atoms with Gasteiger partial charge in [0.05, 0.1) is 28.2 Å². The van der Waals surface area contributed by atoms with Gasteiger partial charge in [0.25, 0.3) is 5.69 Å². The van der Waals surface area contributed by atoms with Gasteiger partial charge in [-0.25, -0.2) is 0 Å². The number of hydrogen-bond donors (Lipinski definition) is 1. The summed E-state index contributed by atoms with van der Waals surface area (Å²) in [6, 6.07) is 11.8. The summed E-state index contributed by atoms with van der Waals surface area (Å²) in [4.78, 5) is 22.6. The number of nitrogens with one attached hydrogen (secondary N) is 1. The van der Waals surface area contributed by atoms with Crippen molar-refractivity contribution in [3.8, 4) is 5.75 Å². The highest BCUT2D eigenvalue weighted by Gasteiger charge is 2.17. The molecule has 0 unspecified atom stereocenters. The lowest BCUT2D eigenvalue weighted by molar-refractivity contribution is -0.387. The summed E-state index contributed by atoms with van der Waals surface area (Å²) in [6.07, 6.45) is 0.575. The van der Waals surface area contributed by atoms with Gasteiger partial charge in [-0.15, -0.1) is 0 Å². The molecule has 22 heavy (non-hydrogen) atoms. The quantitative estimate of drug-likeness (QED) is 0.478. The predicted molar refractivity (Wildman–Crippen MR) is 84.5 cm³/mol. The average Bonchev–Trinajstić information content (AvgIpc) is 2.51. The average molecular weight is 318 g/mol. The molecule has 114 valence electrons. The van der Waals surface area contributed by atoms with E-state index in [0.29, 0.717) is 29.3 Å². The molecule has 0 bridgehead atoms. The second kappa shape index (κ2) is 7.46. The standard InChI is InChI=1S/C15H14N2O4S/c1-2-21-11-7-8-15(13(9-11)17(19)20)22-14-6-4-3-5-12(14)16-10-18/h3-10H,2H2,1H3,(H,16,18). The van der Waals surface area contributed by atoms with Crippen molar-refractivity contribution >= 4 is 29.5 Å². The molecule has 0 aromatic heterocycles. The minimum absolute atomic E-state index is 0.0307. The summed E-state index contributed by atoms with van der Waals surface area (Å²) in [6.45, 7) is 2.26. The first-order valence-electron chi connectivity index (χ1n) is 6.54. The maximum Gasteiger partial charge on any atom is 0.286 e. The number of ether oxygens (including phenoxy) is 1. The van der Waals surface area contributed by atoms with Gasteiger partial charge in [-0.2, -0.15) is 0 Å². The number of anilines is 1. The van der Waals surface area contributed by atoms with Gasteiger partial charge in [0.2, 0.25) is 6.41 Å². The van der Waals surface area contributed by atoms with Crippen LogP contribution in [0, 0.1) is 10.1 Å². The molecular weight excluding hydrogens is 304 g/mol. The zero-order valence-electron chi connectivity index (χ0n) is 11.8. The Labute approximate surface area is 131 Å². The van der Waals surface area contributed by atoms with E-state index in [2.05, 4.69) is 5.32 Å². The van der Waals surface area contributed by atoms with E-state index in [1.54, 1.807) is 36.4 Å². The van der Waals surface area contributed by atoms with Crippen molar-refractivity contribution in [2.75, 3.05) is 11.9 Å². The molecule has 0 spiro atoms. The molecule has 2 aromatic carbocycles. The zero-order valence-corrected chi connectivity index (χ0v) is 12.6. The summed E-state index contributed by atoms with van der Waals surface area (Å²) in [7, 11) is 0. The first kappa shape index (κ1) is 15.8. The first-order chi connectivity index (χ1) is 10.7. The number of hydrogen-bond acceptors (Lipinski definition) is 5. The Kier molecular flexibility index (Phi) is 5.37. The highest BCUT2D eigenvalue weighted by atomic mass is 32.2. The molecule has 0 aliphatic rings. The fourth-order valence-electron chi connectivity index (χ4n) is 1.84. The van der Waals surface area contributed by atoms with Crippen LogP contribution in [-0.2, 0) is 4.79 Å². The molecule has 0 saturated heterocycles. The number of nitrogens with zero attached hydrogens (tertiary/aromatic N) is 1. The van der Waals surface area contributed by atoms with Gasteiger partial charge in [-0.3, -0.25) is 14.9 Å². The summed E-state index contributed by atoms with van der Waals surface area (Å²) in [5.41, 5.74) is 0.572. The topological polar surface area (TPSA) is 81.5 Å². The Morgan fingerprint density at radius 2 is 2.05 bits per heavy atom. The van der Waals surface area contributed by atoms with E-state index < -0.39 is 4.92 Å². The Morgan fingerprint density at radius 3 is 2.73 bits per heavy atom. The van der Waals surface area contributed by atoms with E-state index in [1.165, 1.54) is 17.8 Å². The highest BCUT2D eigenvalue weighted by molar-refractivity contribution is 7.99. The molecule has 0 atom stereocenters. The maximum atomic E-state index is 11.2. The van der Waals surface area contributed by atoms with Crippen LogP contribution in [0.25, 0.3) is 0 Å². The molecule has 1 N–H and O–H groups in total. The molecule has 0 aliphatic heterocycles. The predicted octanol–water partition coefficient (Wildman–Crippen LogP) is 3.71. The molecule has 2 rings (SSSR count). The molecule has 0 radical (unpaired) electrons. The van der Waals surface area contributed by atoms with Gasteiger partial charge in [-0.05, 0) is 31.2 Å². The molecular formula is C15H14N2O4S. The zero-order chi connectivity index (χ0) is 15.9. The van der Waals surface area contributed by atoms with E-state index in [-0.39, 0.29) is 5.69 Å². The van der Waals surface area contributed by atoms with Crippen LogP contribution in [0.5, 0.6) is 5.75 Å². The minimum atomic E-state index is -0.444. The molecule has 2 aromatic rings. The second-order valence-corrected chi connectivity index (χ2v) is 5.26. The Bertz CT molecular complexity index is 691. The number of rotatable bonds is 7. The summed E-state index contributed by atoms with van der Waals surface area (Å²) < 4.78 is 5.29. The number of benzene rings is 2. The van der Waals surface area contributed by atoms with Gasteiger partial charge in [0.15, 0.2) is 0 Å². The molecule has 0 saturated carbocycles. The largest absolute Gasteiger partial charge is 0.494 e. The summed E-state index contributed by atoms with van der Waals surface area (Å²) in [5, 5.41) is 13.8. The number of nitro groups is 1. The van der Waals surface area contributed by atoms with Crippen molar-refractivity contribution in [1.29, 1.82) is 0 Å². The third-order valence-corrected chi connectivity index (χ3v) is 3.90. The van der Waals surface area contributed by atoms with Crippen LogP contribution in [0.4, 0.5) is 11.4 Å². The monoisotopic (exact) mass is 318 g/mol. The van der Waals surface area contributed by atoms with E-state index in [4.69, 9.17) is 4.74 Å². The SMILES string of the molecule is CCOc1ccc(Sc2ccccc2NC=O)c([N+](=O)[O-])c1. The third-order valence-electron chi connectivity index (χ3n) is 2.76. The number of nitro benzene ring substituents is 1. The van der Waals surface area contributed by atoms with E-state index in [9.17, 15) is 14.9 Å². The molecule has 0 aliphatic carbocycles. The number of amides is 1. The van der Waals surface area contributed by atoms with E-state index in [1.807, 2.05) is 6.92 Å².